The third-order valence-electron chi connectivity index (χ3n) is 6.25. The van der Waals surface area contributed by atoms with Crippen molar-refractivity contribution < 1.29 is 4.79 Å². The third kappa shape index (κ3) is 3.86. The molecule has 5 nitrogen and oxygen atoms in total. The molecule has 6 heteroatoms. The van der Waals surface area contributed by atoms with Crippen LogP contribution < -0.4 is 5.32 Å². The SMILES string of the molecule is CCn1c2ccccc2c2cc(NC(=O)CSc3nc4ccccc4n3-c3ccccc3)ccc21. The second-order valence-electron chi connectivity index (χ2n) is 8.38. The zero-order chi connectivity index (χ0) is 23.8. The van der Waals surface area contributed by atoms with E-state index in [1.54, 1.807) is 0 Å². The smallest absolute Gasteiger partial charge is 0.234 e. The van der Waals surface area contributed by atoms with E-state index in [4.69, 9.17) is 4.98 Å². The van der Waals surface area contributed by atoms with Gasteiger partial charge in [0.05, 0.1) is 16.8 Å². The summed E-state index contributed by atoms with van der Waals surface area (Å²) in [6, 6.07) is 32.7. The summed E-state index contributed by atoms with van der Waals surface area (Å²) in [6.45, 7) is 3.05. The largest absolute Gasteiger partial charge is 0.341 e. The molecular formula is C29H24N4OS. The molecule has 172 valence electrons. The molecule has 0 saturated carbocycles. The van der Waals surface area contributed by atoms with Gasteiger partial charge in [-0.25, -0.2) is 4.98 Å². The van der Waals surface area contributed by atoms with Gasteiger partial charge in [0, 0.05) is 39.7 Å². The number of hydrogen-bond donors (Lipinski definition) is 1. The van der Waals surface area contributed by atoms with Crippen molar-refractivity contribution in [3.8, 4) is 5.69 Å². The lowest BCUT2D eigenvalue weighted by molar-refractivity contribution is -0.113. The zero-order valence-electron chi connectivity index (χ0n) is 19.3. The Morgan fingerprint density at radius 2 is 1.54 bits per heavy atom. The van der Waals surface area contributed by atoms with Gasteiger partial charge in [-0.3, -0.25) is 9.36 Å². The molecule has 4 aromatic carbocycles. The highest BCUT2D eigenvalue weighted by Crippen LogP contribution is 2.32. The third-order valence-corrected chi connectivity index (χ3v) is 7.19. The molecule has 1 N–H and O–H groups in total. The molecule has 0 saturated heterocycles. The van der Waals surface area contributed by atoms with E-state index in [9.17, 15) is 4.79 Å². The fourth-order valence-corrected chi connectivity index (χ4v) is 5.55. The van der Waals surface area contributed by atoms with Crippen molar-refractivity contribution in [3.05, 3.63) is 97.1 Å². The highest BCUT2D eigenvalue weighted by molar-refractivity contribution is 7.99. The molecule has 0 bridgehead atoms. The van der Waals surface area contributed by atoms with Crippen LogP contribution in [0, 0.1) is 0 Å². The van der Waals surface area contributed by atoms with E-state index in [-0.39, 0.29) is 11.7 Å². The van der Waals surface area contributed by atoms with E-state index < -0.39 is 0 Å². The number of carbonyl (C=O) groups excluding carboxylic acids is 1. The monoisotopic (exact) mass is 476 g/mol. The van der Waals surface area contributed by atoms with Crippen LogP contribution in [-0.4, -0.2) is 25.8 Å². The predicted octanol–water partition coefficient (Wildman–Crippen LogP) is 6.88. The normalized spacial score (nSPS) is 11.5. The summed E-state index contributed by atoms with van der Waals surface area (Å²) in [5, 5.41) is 6.24. The minimum Gasteiger partial charge on any atom is -0.341 e. The molecule has 0 fully saturated rings. The number of amides is 1. The number of fused-ring (bicyclic) bond motifs is 4. The molecule has 0 aliphatic carbocycles. The maximum Gasteiger partial charge on any atom is 0.234 e. The zero-order valence-corrected chi connectivity index (χ0v) is 20.1. The highest BCUT2D eigenvalue weighted by Gasteiger charge is 2.15. The van der Waals surface area contributed by atoms with E-state index >= 15 is 0 Å². The van der Waals surface area contributed by atoms with E-state index in [0.717, 1.165) is 39.5 Å². The van der Waals surface area contributed by atoms with E-state index in [0.29, 0.717) is 0 Å². The number of hydrogen-bond acceptors (Lipinski definition) is 3. The van der Waals surface area contributed by atoms with Crippen molar-refractivity contribution in [2.24, 2.45) is 0 Å². The highest BCUT2D eigenvalue weighted by atomic mass is 32.2. The van der Waals surface area contributed by atoms with Gasteiger partial charge < -0.3 is 9.88 Å². The first-order chi connectivity index (χ1) is 17.2. The molecule has 2 heterocycles. The summed E-state index contributed by atoms with van der Waals surface area (Å²) in [5.41, 5.74) is 6.17. The Morgan fingerprint density at radius 1 is 0.829 bits per heavy atom. The number of anilines is 1. The second-order valence-corrected chi connectivity index (χ2v) is 9.33. The first-order valence-corrected chi connectivity index (χ1v) is 12.7. The number of rotatable bonds is 6. The fraction of sp³-hybridized carbons (Fsp3) is 0.103. The van der Waals surface area contributed by atoms with Crippen LogP contribution in [0.25, 0.3) is 38.5 Å². The van der Waals surface area contributed by atoms with Gasteiger partial charge in [0.1, 0.15) is 0 Å². The molecule has 2 aromatic heterocycles. The Morgan fingerprint density at radius 3 is 2.37 bits per heavy atom. The Labute approximate surface area is 207 Å². The number of benzene rings is 4. The van der Waals surface area contributed by atoms with Crippen molar-refractivity contribution in [1.82, 2.24) is 14.1 Å². The molecule has 35 heavy (non-hydrogen) atoms. The van der Waals surface area contributed by atoms with Gasteiger partial charge in [-0.05, 0) is 55.5 Å². The number of para-hydroxylation sites is 4. The lowest BCUT2D eigenvalue weighted by atomic mass is 10.1. The molecule has 0 radical (unpaired) electrons. The van der Waals surface area contributed by atoms with Crippen LogP contribution in [-0.2, 0) is 11.3 Å². The number of aryl methyl sites for hydroxylation is 1. The minimum absolute atomic E-state index is 0.0553. The number of carbonyl (C=O) groups is 1. The van der Waals surface area contributed by atoms with Gasteiger partial charge in [-0.1, -0.05) is 60.3 Å². The molecular weight excluding hydrogens is 452 g/mol. The summed E-state index contributed by atoms with van der Waals surface area (Å²) in [6.07, 6.45) is 0. The van der Waals surface area contributed by atoms with Crippen molar-refractivity contribution >= 4 is 56.2 Å². The second kappa shape index (κ2) is 8.96. The van der Waals surface area contributed by atoms with Crippen molar-refractivity contribution in [2.75, 3.05) is 11.1 Å². The predicted molar refractivity (Wildman–Crippen MR) is 146 cm³/mol. The molecule has 0 aliphatic rings. The topological polar surface area (TPSA) is 51.9 Å². The molecule has 0 aliphatic heterocycles. The summed E-state index contributed by atoms with van der Waals surface area (Å²) in [5.74, 6) is 0.213. The van der Waals surface area contributed by atoms with Crippen LogP contribution in [0.3, 0.4) is 0 Å². The van der Waals surface area contributed by atoms with E-state index in [1.807, 2.05) is 42.5 Å². The van der Waals surface area contributed by atoms with Crippen LogP contribution >= 0.6 is 11.8 Å². The van der Waals surface area contributed by atoms with Crippen molar-refractivity contribution in [1.29, 1.82) is 0 Å². The molecule has 6 aromatic rings. The summed E-state index contributed by atoms with van der Waals surface area (Å²) in [7, 11) is 0. The van der Waals surface area contributed by atoms with E-state index in [2.05, 4.69) is 76.0 Å². The molecule has 0 unspecified atom stereocenters. The molecule has 1 amide bonds. The van der Waals surface area contributed by atoms with Crippen molar-refractivity contribution in [3.63, 3.8) is 0 Å². The quantitative estimate of drug-likeness (QED) is 0.267. The summed E-state index contributed by atoms with van der Waals surface area (Å²) in [4.78, 5) is 17.7. The number of thioether (sulfide) groups is 1. The summed E-state index contributed by atoms with van der Waals surface area (Å²) >= 11 is 1.44. The standard InChI is InChI=1S/C29H24N4OS/c1-2-32-25-14-8-6-12-22(25)23-18-20(16-17-26(23)32)30-28(34)19-35-29-31-24-13-7-9-15-27(24)33(29)21-10-4-3-5-11-21/h3-18H,2,19H2,1H3,(H,30,34). The number of nitrogens with zero attached hydrogens (tertiary/aromatic N) is 3. The Hall–Kier alpha value is -4.03. The fourth-order valence-electron chi connectivity index (χ4n) is 4.73. The Balaban J connectivity index is 1.26. The average molecular weight is 477 g/mol. The van der Waals surface area contributed by atoms with Gasteiger partial charge >= 0.3 is 0 Å². The molecule has 0 spiro atoms. The maximum atomic E-state index is 12.9. The number of aromatic nitrogens is 3. The minimum atomic E-state index is -0.0553. The van der Waals surface area contributed by atoms with Gasteiger partial charge in [-0.15, -0.1) is 0 Å². The van der Waals surface area contributed by atoms with Crippen molar-refractivity contribution in [2.45, 2.75) is 18.6 Å². The van der Waals surface area contributed by atoms with Gasteiger partial charge in [0.25, 0.3) is 0 Å². The van der Waals surface area contributed by atoms with E-state index in [1.165, 1.54) is 28.2 Å². The van der Waals surface area contributed by atoms with Crippen LogP contribution in [0.4, 0.5) is 5.69 Å². The van der Waals surface area contributed by atoms with Crippen LogP contribution in [0.15, 0.2) is 102 Å². The van der Waals surface area contributed by atoms with Gasteiger partial charge in [0.2, 0.25) is 5.91 Å². The van der Waals surface area contributed by atoms with Crippen LogP contribution in [0.2, 0.25) is 0 Å². The van der Waals surface area contributed by atoms with Gasteiger partial charge in [0.15, 0.2) is 5.16 Å². The van der Waals surface area contributed by atoms with Crippen LogP contribution in [0.1, 0.15) is 6.92 Å². The first kappa shape index (κ1) is 21.5. The molecule has 6 rings (SSSR count). The Bertz CT molecular complexity index is 1680. The number of imidazole rings is 1. The average Bonchev–Trinajstić information content (AvgIpc) is 3.43. The maximum absolute atomic E-state index is 12.9. The lowest BCUT2D eigenvalue weighted by Gasteiger charge is -2.09. The first-order valence-electron chi connectivity index (χ1n) is 11.7. The van der Waals surface area contributed by atoms with Crippen LogP contribution in [0.5, 0.6) is 0 Å². The summed E-state index contributed by atoms with van der Waals surface area (Å²) < 4.78 is 4.42. The lowest BCUT2D eigenvalue weighted by Crippen LogP contribution is -2.14. The molecule has 0 atom stereocenters. The van der Waals surface area contributed by atoms with Gasteiger partial charge in [-0.2, -0.15) is 0 Å². The Kier molecular flexibility index (Phi) is 5.51. The number of nitrogens with one attached hydrogen (secondary N) is 1.